The van der Waals surface area contributed by atoms with Crippen molar-refractivity contribution in [1.29, 1.82) is 0 Å². The topological polar surface area (TPSA) is 228 Å². The third-order valence-electron chi connectivity index (χ3n) is 9.69. The summed E-state index contributed by atoms with van der Waals surface area (Å²) >= 11 is 0. The van der Waals surface area contributed by atoms with E-state index in [1.54, 1.807) is 30.3 Å². The minimum absolute atomic E-state index is 0.0911. The molecule has 0 aliphatic carbocycles. The van der Waals surface area contributed by atoms with Gasteiger partial charge in [0, 0.05) is 44.4 Å². The molecule has 57 heavy (non-hydrogen) atoms. The van der Waals surface area contributed by atoms with Gasteiger partial charge in [0.2, 0.25) is 17.7 Å². The van der Waals surface area contributed by atoms with Crippen LogP contribution in [-0.4, -0.2) is 71.9 Å². The van der Waals surface area contributed by atoms with Crippen molar-refractivity contribution in [1.82, 2.24) is 45.6 Å². The number of hydrogen-bond acceptors (Lipinski definition) is 10. The van der Waals surface area contributed by atoms with E-state index in [4.69, 9.17) is 15.0 Å². The highest BCUT2D eigenvalue weighted by molar-refractivity contribution is 5.91. The molecule has 0 unspecified atom stereocenters. The number of benzene rings is 3. The predicted octanol–water partition coefficient (Wildman–Crippen LogP) is 4.70. The minimum atomic E-state index is -1.38. The van der Waals surface area contributed by atoms with Crippen LogP contribution in [0.3, 0.4) is 0 Å². The fourth-order valence-corrected chi connectivity index (χ4v) is 6.69. The lowest BCUT2D eigenvalue weighted by molar-refractivity contribution is -0.130. The normalized spacial score (nSPS) is 12.7. The molecule has 3 atom stereocenters. The highest BCUT2D eigenvalue weighted by Crippen LogP contribution is 2.25. The molecule has 16 heteroatoms. The van der Waals surface area contributed by atoms with Crippen LogP contribution in [-0.2, 0) is 35.4 Å². The number of nitrogen functional groups attached to an aromatic ring is 1. The molecule has 0 aliphatic heterocycles. The number of carbonyl (C=O) groups excluding carboxylic acids is 2. The number of aryl methyl sites for hydroxylation is 3. The lowest BCUT2D eigenvalue weighted by Gasteiger charge is -2.25. The molecule has 0 radical (unpaired) electrons. The second kappa shape index (κ2) is 18.6. The van der Waals surface area contributed by atoms with Crippen molar-refractivity contribution in [2.24, 2.45) is 0 Å². The number of nitrogens with two attached hydrogens (primary N) is 1. The Bertz CT molecular complexity index is 2230. The van der Waals surface area contributed by atoms with Crippen LogP contribution < -0.4 is 26.4 Å². The van der Waals surface area contributed by atoms with Gasteiger partial charge in [0.25, 0.3) is 0 Å². The summed E-state index contributed by atoms with van der Waals surface area (Å²) in [6, 6.07) is 18.8. The summed E-state index contributed by atoms with van der Waals surface area (Å²) in [5.41, 5.74) is 12.2. The van der Waals surface area contributed by atoms with Crippen LogP contribution in [0.1, 0.15) is 58.5 Å². The summed E-state index contributed by atoms with van der Waals surface area (Å²) in [5, 5.41) is 22.0. The van der Waals surface area contributed by atoms with Gasteiger partial charge < -0.3 is 45.6 Å². The Labute approximate surface area is 329 Å². The second-order valence-electron chi connectivity index (χ2n) is 13.7. The summed E-state index contributed by atoms with van der Waals surface area (Å²) in [6.07, 6.45) is 6.32. The molecule has 3 aromatic heterocycles. The molecule has 0 spiro atoms. The quantitative estimate of drug-likeness (QED) is 0.0701. The first-order valence-corrected chi connectivity index (χ1v) is 18.5. The van der Waals surface area contributed by atoms with Crippen LogP contribution in [0.25, 0.3) is 11.1 Å². The number of amides is 3. The van der Waals surface area contributed by atoms with E-state index in [2.05, 4.69) is 53.2 Å². The molecule has 16 nitrogen and oxygen atoms in total. The molecule has 7 N–H and O–H groups in total. The van der Waals surface area contributed by atoms with Crippen molar-refractivity contribution >= 4 is 23.9 Å². The largest absolute Gasteiger partial charge is 0.497 e. The number of imidazole rings is 2. The fraction of sp³-hybridized carbons (Fsp3) is 0.293. The van der Waals surface area contributed by atoms with E-state index in [1.807, 2.05) is 68.4 Å². The molecular formula is C41H46N10O6. The molecule has 3 aromatic carbocycles. The van der Waals surface area contributed by atoms with Gasteiger partial charge in [-0.25, -0.2) is 14.8 Å². The van der Waals surface area contributed by atoms with Gasteiger partial charge in [0.15, 0.2) is 11.8 Å². The second-order valence-corrected chi connectivity index (χ2v) is 13.7. The number of nitrogens with one attached hydrogen (secondary N) is 4. The zero-order chi connectivity index (χ0) is 40.3. The third-order valence-corrected chi connectivity index (χ3v) is 9.69. The van der Waals surface area contributed by atoms with Crippen molar-refractivity contribution in [3.63, 3.8) is 0 Å². The molecule has 296 valence electrons. The van der Waals surface area contributed by atoms with Crippen LogP contribution in [0.4, 0.5) is 10.7 Å². The van der Waals surface area contributed by atoms with Gasteiger partial charge in [0.05, 0.1) is 19.1 Å². The molecule has 0 saturated heterocycles. The average Bonchev–Trinajstić information content (AvgIpc) is 3.99. The smallest absolute Gasteiger partial charge is 0.405 e. The van der Waals surface area contributed by atoms with E-state index in [0.717, 1.165) is 33.4 Å². The van der Waals surface area contributed by atoms with E-state index in [-0.39, 0.29) is 25.2 Å². The molecule has 3 heterocycles. The third kappa shape index (κ3) is 10.6. The van der Waals surface area contributed by atoms with Gasteiger partial charge in [-0.1, -0.05) is 59.8 Å². The van der Waals surface area contributed by atoms with Crippen LogP contribution in [0.15, 0.2) is 96.2 Å². The van der Waals surface area contributed by atoms with Crippen LogP contribution >= 0.6 is 0 Å². The first-order valence-electron chi connectivity index (χ1n) is 18.5. The number of hydrogen-bond donors (Lipinski definition) is 6. The number of aromatic amines is 1. The van der Waals surface area contributed by atoms with Crippen LogP contribution in [0, 0.1) is 13.8 Å². The average molecular weight is 775 g/mol. The molecule has 0 saturated carbocycles. The summed E-state index contributed by atoms with van der Waals surface area (Å²) in [6.45, 7) is 4.20. The van der Waals surface area contributed by atoms with Crippen molar-refractivity contribution in [2.75, 3.05) is 12.8 Å². The zero-order valence-corrected chi connectivity index (χ0v) is 31.9. The van der Waals surface area contributed by atoms with Crippen LogP contribution in [0.5, 0.6) is 5.75 Å². The number of aromatic nitrogens is 6. The number of carbonyl (C=O) groups is 3. The SMILES string of the molecule is COc1cc(C)c(C[C@H](NC(=O)[C@@H](CCCn2ccnc2N)NC(=O)O)C(=O)N[C@@H](Cc2c[nH]cn2)c2nc(Cc3ccc(-c4ccccc4)cc3)no2)c(C)c1. The Morgan fingerprint density at radius 3 is 2.30 bits per heavy atom. The van der Waals surface area contributed by atoms with Crippen molar-refractivity contribution in [3.05, 3.63) is 131 Å². The van der Waals surface area contributed by atoms with E-state index < -0.39 is 36.0 Å². The van der Waals surface area contributed by atoms with Gasteiger partial charge >= 0.3 is 6.09 Å². The number of carboxylic acid groups (broad SMARTS) is 1. The lowest BCUT2D eigenvalue weighted by Crippen LogP contribution is -2.55. The molecule has 6 rings (SSSR count). The first-order chi connectivity index (χ1) is 27.6. The standard InChI is InChI=1S/C41H46N10O6/c1-25-18-31(56-3)19-26(2)32(25)22-34(46-37(52)33(48-41(54)55)10-7-16-51-17-15-44-40(51)42)38(53)47-35(21-30-23-43-24-45-30)39-49-36(50-57-39)20-27-11-13-29(14-12-27)28-8-5-4-6-9-28/h4-6,8-9,11-15,17-19,23-24,33-35,48H,7,10,16,20-22H2,1-3H3,(H2,42,44)(H,43,45)(H,46,52)(H,47,53)(H,54,55)/t33-,34+,35+/m1/s1. The van der Waals surface area contributed by atoms with Crippen molar-refractivity contribution in [3.8, 4) is 16.9 Å². The Morgan fingerprint density at radius 1 is 0.930 bits per heavy atom. The molecule has 6 aromatic rings. The number of nitrogens with zero attached hydrogens (tertiary/aromatic N) is 5. The minimum Gasteiger partial charge on any atom is -0.497 e. The number of methoxy groups -OCH3 is 1. The summed E-state index contributed by atoms with van der Waals surface area (Å²) < 4.78 is 12.9. The van der Waals surface area contributed by atoms with Crippen LogP contribution in [0.2, 0.25) is 0 Å². The maximum atomic E-state index is 14.4. The summed E-state index contributed by atoms with van der Waals surface area (Å²) in [5.74, 6) is 0.333. The Morgan fingerprint density at radius 2 is 1.65 bits per heavy atom. The summed E-state index contributed by atoms with van der Waals surface area (Å²) in [7, 11) is 1.57. The maximum Gasteiger partial charge on any atom is 0.405 e. The van der Waals surface area contributed by atoms with Gasteiger partial charge in [-0.15, -0.1) is 0 Å². The molecule has 0 fully saturated rings. The molecule has 0 aliphatic rings. The maximum absolute atomic E-state index is 14.4. The number of rotatable bonds is 18. The van der Waals surface area contributed by atoms with Gasteiger partial charge in [-0.2, -0.15) is 4.98 Å². The Hall–Kier alpha value is -6.97. The zero-order valence-electron chi connectivity index (χ0n) is 31.9. The van der Waals surface area contributed by atoms with Crippen molar-refractivity contribution in [2.45, 2.75) is 70.6 Å². The molecular weight excluding hydrogens is 729 g/mol. The Kier molecular flexibility index (Phi) is 12.9. The van der Waals surface area contributed by atoms with E-state index in [1.165, 1.54) is 6.33 Å². The van der Waals surface area contributed by atoms with Gasteiger partial charge in [-0.05, 0) is 72.2 Å². The van der Waals surface area contributed by atoms with E-state index in [0.29, 0.717) is 42.6 Å². The fourth-order valence-electron chi connectivity index (χ4n) is 6.69. The monoisotopic (exact) mass is 774 g/mol. The number of H-pyrrole nitrogens is 1. The molecule has 0 bridgehead atoms. The van der Waals surface area contributed by atoms with E-state index >= 15 is 0 Å². The highest BCUT2D eigenvalue weighted by atomic mass is 16.5. The molecule has 3 amide bonds. The highest BCUT2D eigenvalue weighted by Gasteiger charge is 2.31. The van der Waals surface area contributed by atoms with E-state index in [9.17, 15) is 19.5 Å². The van der Waals surface area contributed by atoms with Gasteiger partial charge in [0.1, 0.15) is 23.9 Å². The van der Waals surface area contributed by atoms with Gasteiger partial charge in [-0.3, -0.25) is 9.59 Å². The van der Waals surface area contributed by atoms with Crippen molar-refractivity contribution < 1.29 is 28.8 Å². The summed E-state index contributed by atoms with van der Waals surface area (Å²) in [4.78, 5) is 56.0. The number of anilines is 1. The number of ether oxygens (including phenoxy) is 1. The first kappa shape index (κ1) is 39.7. The predicted molar refractivity (Wildman–Crippen MR) is 211 cm³/mol. The Balaban J connectivity index is 1.23. The lowest BCUT2D eigenvalue weighted by atomic mass is 9.95.